The topological polar surface area (TPSA) is 41.6 Å². The van der Waals surface area contributed by atoms with Gasteiger partial charge in [-0.05, 0) is 38.7 Å². The Morgan fingerprint density at radius 3 is 2.42 bits per heavy atom. The summed E-state index contributed by atoms with van der Waals surface area (Å²) >= 11 is 5.88. The lowest BCUT2D eigenvalue weighted by Gasteiger charge is -2.29. The van der Waals surface area contributed by atoms with Crippen molar-refractivity contribution in [2.75, 3.05) is 34.3 Å². The third kappa shape index (κ3) is 4.20. The molecule has 0 aliphatic rings. The summed E-state index contributed by atoms with van der Waals surface area (Å²) in [6.45, 7) is 3.33. The Hall–Kier alpha value is -1.10. The monoisotopic (exact) mass is 284 g/mol. The highest BCUT2D eigenvalue weighted by atomic mass is 35.5. The number of esters is 1. The zero-order valence-corrected chi connectivity index (χ0v) is 12.6. The van der Waals surface area contributed by atoms with Crippen molar-refractivity contribution in [3.8, 4) is 0 Å². The van der Waals surface area contributed by atoms with E-state index in [0.29, 0.717) is 11.6 Å². The molecule has 1 unspecified atom stereocenters. The van der Waals surface area contributed by atoms with Gasteiger partial charge in [-0.25, -0.2) is 4.79 Å². The minimum Gasteiger partial charge on any atom is -0.467 e. The Morgan fingerprint density at radius 2 is 1.95 bits per heavy atom. The molecule has 0 bridgehead atoms. The molecule has 0 saturated carbocycles. The molecule has 0 heterocycles. The molecule has 1 aromatic rings. The van der Waals surface area contributed by atoms with E-state index in [1.807, 2.05) is 38.1 Å². The molecule has 0 fully saturated rings. The minimum atomic E-state index is -0.866. The first-order chi connectivity index (χ1) is 8.90. The Labute approximate surface area is 119 Å². The molecular formula is C14H21ClN2O2. The summed E-state index contributed by atoms with van der Waals surface area (Å²) in [7, 11) is 5.36. The number of likely N-dealkylation sites (N-methyl/N-ethyl adjacent to an activating group) is 1. The zero-order chi connectivity index (χ0) is 14.5. The van der Waals surface area contributed by atoms with Crippen molar-refractivity contribution in [2.45, 2.75) is 12.5 Å². The van der Waals surface area contributed by atoms with E-state index in [9.17, 15) is 4.79 Å². The second-order valence-corrected chi connectivity index (χ2v) is 5.29. The van der Waals surface area contributed by atoms with E-state index in [0.717, 1.165) is 12.1 Å². The summed E-state index contributed by atoms with van der Waals surface area (Å²) in [5.41, 5.74) is -0.0301. The highest BCUT2D eigenvalue weighted by molar-refractivity contribution is 6.30. The van der Waals surface area contributed by atoms with Gasteiger partial charge in [-0.15, -0.1) is 0 Å². The summed E-state index contributed by atoms with van der Waals surface area (Å²) < 4.78 is 4.91. The number of hydrogen-bond acceptors (Lipinski definition) is 4. The van der Waals surface area contributed by atoms with E-state index >= 15 is 0 Å². The normalized spacial score (nSPS) is 14.2. The van der Waals surface area contributed by atoms with Gasteiger partial charge in [0.05, 0.1) is 7.11 Å². The van der Waals surface area contributed by atoms with Crippen LogP contribution in [0.4, 0.5) is 0 Å². The molecule has 4 nitrogen and oxygen atoms in total. The molecule has 0 radical (unpaired) electrons. The molecule has 0 saturated heterocycles. The third-order valence-corrected chi connectivity index (χ3v) is 3.30. The van der Waals surface area contributed by atoms with E-state index in [1.165, 1.54) is 7.11 Å². The molecule has 106 valence electrons. The average molecular weight is 285 g/mol. The fourth-order valence-electron chi connectivity index (χ4n) is 1.81. The van der Waals surface area contributed by atoms with Crippen LogP contribution >= 0.6 is 11.6 Å². The van der Waals surface area contributed by atoms with Crippen LogP contribution in [0.1, 0.15) is 12.5 Å². The third-order valence-electron chi connectivity index (χ3n) is 3.05. The predicted octanol–water partition coefficient (Wildman–Crippen LogP) is 1.88. The van der Waals surface area contributed by atoms with Gasteiger partial charge in [-0.2, -0.15) is 0 Å². The number of carbonyl (C=O) groups is 1. The fourth-order valence-corrected chi connectivity index (χ4v) is 1.93. The highest BCUT2D eigenvalue weighted by Gasteiger charge is 2.35. The summed E-state index contributed by atoms with van der Waals surface area (Å²) in [5, 5.41) is 3.90. The first-order valence-electron chi connectivity index (χ1n) is 6.14. The second kappa shape index (κ2) is 6.89. The lowest BCUT2D eigenvalue weighted by Crippen LogP contribution is -2.49. The molecule has 0 aliphatic carbocycles. The molecule has 0 spiro atoms. The van der Waals surface area contributed by atoms with Crippen LogP contribution in [0.2, 0.25) is 5.02 Å². The summed E-state index contributed by atoms with van der Waals surface area (Å²) in [6, 6.07) is 7.21. The van der Waals surface area contributed by atoms with Gasteiger partial charge in [-0.3, -0.25) is 5.32 Å². The minimum absolute atomic E-state index is 0.312. The molecule has 0 aliphatic heterocycles. The Bertz CT molecular complexity index is 420. The summed E-state index contributed by atoms with van der Waals surface area (Å²) in [4.78, 5) is 14.1. The van der Waals surface area contributed by atoms with Crippen molar-refractivity contribution in [1.82, 2.24) is 10.2 Å². The molecule has 1 N–H and O–H groups in total. The number of ether oxygens (including phenoxy) is 1. The van der Waals surface area contributed by atoms with Crippen molar-refractivity contribution < 1.29 is 9.53 Å². The molecular weight excluding hydrogens is 264 g/mol. The lowest BCUT2D eigenvalue weighted by atomic mass is 9.92. The maximum Gasteiger partial charge on any atom is 0.330 e. The molecule has 1 aromatic carbocycles. The van der Waals surface area contributed by atoms with Gasteiger partial charge in [0, 0.05) is 18.1 Å². The second-order valence-electron chi connectivity index (χ2n) is 4.85. The summed E-state index contributed by atoms with van der Waals surface area (Å²) in [5.74, 6) is -0.312. The van der Waals surface area contributed by atoms with E-state index < -0.39 is 5.54 Å². The maximum atomic E-state index is 12.1. The van der Waals surface area contributed by atoms with Crippen molar-refractivity contribution in [1.29, 1.82) is 0 Å². The quantitative estimate of drug-likeness (QED) is 0.810. The van der Waals surface area contributed by atoms with E-state index in [4.69, 9.17) is 16.3 Å². The van der Waals surface area contributed by atoms with Gasteiger partial charge in [0.2, 0.25) is 0 Å². The number of benzene rings is 1. The Balaban J connectivity index is 2.92. The molecule has 1 atom stereocenters. The van der Waals surface area contributed by atoms with Crippen LogP contribution in [-0.4, -0.2) is 45.2 Å². The standard InChI is InChI=1S/C14H21ClN2O2/c1-14(13(18)19-4,16-9-10-17(2)3)11-5-7-12(15)8-6-11/h5-8,16H,9-10H2,1-4H3. The Kier molecular flexibility index (Phi) is 5.79. The van der Waals surface area contributed by atoms with Gasteiger partial charge in [0.15, 0.2) is 0 Å². The Morgan fingerprint density at radius 1 is 1.37 bits per heavy atom. The largest absolute Gasteiger partial charge is 0.467 e. The molecule has 1 rings (SSSR count). The van der Waals surface area contributed by atoms with Gasteiger partial charge < -0.3 is 9.64 Å². The van der Waals surface area contributed by atoms with Gasteiger partial charge >= 0.3 is 5.97 Å². The number of carbonyl (C=O) groups excluding carboxylic acids is 1. The van der Waals surface area contributed by atoms with Crippen LogP contribution in [-0.2, 0) is 15.1 Å². The highest BCUT2D eigenvalue weighted by Crippen LogP contribution is 2.23. The van der Waals surface area contributed by atoms with Crippen LogP contribution in [0.3, 0.4) is 0 Å². The average Bonchev–Trinajstić information content (AvgIpc) is 2.37. The SMILES string of the molecule is COC(=O)C(C)(NCCN(C)C)c1ccc(Cl)cc1. The number of halogens is 1. The first kappa shape index (κ1) is 16.0. The van der Waals surface area contributed by atoms with Crippen molar-refractivity contribution in [2.24, 2.45) is 0 Å². The lowest BCUT2D eigenvalue weighted by molar-refractivity contribution is -0.148. The number of methoxy groups -OCH3 is 1. The predicted molar refractivity (Wildman–Crippen MR) is 77.4 cm³/mol. The number of nitrogens with zero attached hydrogens (tertiary/aromatic N) is 1. The molecule has 19 heavy (non-hydrogen) atoms. The van der Waals surface area contributed by atoms with Crippen LogP contribution in [0, 0.1) is 0 Å². The van der Waals surface area contributed by atoms with Crippen molar-refractivity contribution in [3.05, 3.63) is 34.9 Å². The smallest absolute Gasteiger partial charge is 0.330 e. The van der Waals surface area contributed by atoms with Crippen LogP contribution in [0.15, 0.2) is 24.3 Å². The van der Waals surface area contributed by atoms with Crippen LogP contribution in [0.5, 0.6) is 0 Å². The van der Waals surface area contributed by atoms with Crippen molar-refractivity contribution >= 4 is 17.6 Å². The summed E-state index contributed by atoms with van der Waals surface area (Å²) in [6.07, 6.45) is 0. The number of nitrogens with one attached hydrogen (secondary N) is 1. The van der Waals surface area contributed by atoms with E-state index in [2.05, 4.69) is 5.32 Å². The van der Waals surface area contributed by atoms with Crippen molar-refractivity contribution in [3.63, 3.8) is 0 Å². The fraction of sp³-hybridized carbons (Fsp3) is 0.500. The van der Waals surface area contributed by atoms with E-state index in [1.54, 1.807) is 12.1 Å². The van der Waals surface area contributed by atoms with E-state index in [-0.39, 0.29) is 5.97 Å². The van der Waals surface area contributed by atoms with Crippen LogP contribution < -0.4 is 5.32 Å². The number of rotatable bonds is 6. The molecule has 5 heteroatoms. The first-order valence-corrected chi connectivity index (χ1v) is 6.52. The zero-order valence-electron chi connectivity index (χ0n) is 11.9. The van der Waals surface area contributed by atoms with Crippen LogP contribution in [0.25, 0.3) is 0 Å². The van der Waals surface area contributed by atoms with Gasteiger partial charge in [0.1, 0.15) is 5.54 Å². The van der Waals surface area contributed by atoms with Gasteiger partial charge in [-0.1, -0.05) is 23.7 Å². The molecule has 0 amide bonds. The number of hydrogen-bond donors (Lipinski definition) is 1. The van der Waals surface area contributed by atoms with Gasteiger partial charge in [0.25, 0.3) is 0 Å². The molecule has 0 aromatic heterocycles. The maximum absolute atomic E-state index is 12.1.